The third-order valence-corrected chi connectivity index (χ3v) is 4.42. The Bertz CT molecular complexity index is 1090. The fourth-order valence-electron chi connectivity index (χ4n) is 3.15. The zero-order valence-corrected chi connectivity index (χ0v) is 15.1. The maximum absolute atomic E-state index is 13.4. The highest BCUT2D eigenvalue weighted by atomic mass is 19.4. The van der Waals surface area contributed by atoms with E-state index in [9.17, 15) is 18.0 Å². The highest BCUT2D eigenvalue weighted by Crippen LogP contribution is 2.35. The van der Waals surface area contributed by atoms with Crippen LogP contribution in [-0.2, 0) is 6.18 Å². The molecular formula is C21H16F3N3O. The lowest BCUT2D eigenvalue weighted by atomic mass is 10.1. The molecule has 0 bridgehead atoms. The van der Waals surface area contributed by atoms with Crippen LogP contribution in [0.2, 0.25) is 0 Å². The van der Waals surface area contributed by atoms with Crippen LogP contribution in [0.5, 0.6) is 0 Å². The molecule has 1 aromatic heterocycles. The number of anilines is 1. The molecule has 0 aliphatic heterocycles. The molecule has 142 valence electrons. The molecule has 0 fully saturated rings. The molecule has 3 aromatic rings. The SMILES string of the molecule is Cc1cc(C(=O)Nc2ccccc2C#N)c(C)n1-c1ccccc1C(F)(F)F. The van der Waals surface area contributed by atoms with Gasteiger partial charge in [0.25, 0.3) is 5.91 Å². The maximum Gasteiger partial charge on any atom is 0.418 e. The van der Waals surface area contributed by atoms with Gasteiger partial charge in [0.2, 0.25) is 0 Å². The average Bonchev–Trinajstić information content (AvgIpc) is 2.95. The van der Waals surface area contributed by atoms with Crippen LogP contribution in [0, 0.1) is 25.2 Å². The van der Waals surface area contributed by atoms with Crippen molar-refractivity contribution in [2.45, 2.75) is 20.0 Å². The van der Waals surface area contributed by atoms with Crippen molar-refractivity contribution in [3.05, 3.63) is 82.7 Å². The van der Waals surface area contributed by atoms with E-state index in [4.69, 9.17) is 5.26 Å². The van der Waals surface area contributed by atoms with Gasteiger partial charge in [0.1, 0.15) is 6.07 Å². The summed E-state index contributed by atoms with van der Waals surface area (Å²) in [6, 6.07) is 15.3. The van der Waals surface area contributed by atoms with Gasteiger partial charge in [-0.15, -0.1) is 0 Å². The standard InChI is InChI=1S/C21H16F3N3O/c1-13-11-16(20(28)26-18-9-5-3-7-15(18)12-25)14(2)27(13)19-10-6-4-8-17(19)21(22,23)24/h3-11H,1-2H3,(H,26,28). The summed E-state index contributed by atoms with van der Waals surface area (Å²) in [7, 11) is 0. The summed E-state index contributed by atoms with van der Waals surface area (Å²) < 4.78 is 41.6. The average molecular weight is 383 g/mol. The van der Waals surface area contributed by atoms with Crippen LogP contribution in [-0.4, -0.2) is 10.5 Å². The molecule has 0 saturated heterocycles. The molecule has 28 heavy (non-hydrogen) atoms. The number of nitrogens with one attached hydrogen (secondary N) is 1. The molecule has 0 radical (unpaired) electrons. The van der Waals surface area contributed by atoms with Crippen molar-refractivity contribution in [2.75, 3.05) is 5.32 Å². The summed E-state index contributed by atoms with van der Waals surface area (Å²) in [6.45, 7) is 3.23. The second kappa shape index (κ2) is 7.24. The Hall–Kier alpha value is -3.53. The number of aryl methyl sites for hydroxylation is 1. The second-order valence-electron chi connectivity index (χ2n) is 6.25. The smallest absolute Gasteiger partial charge is 0.321 e. The van der Waals surface area contributed by atoms with Crippen molar-refractivity contribution in [1.29, 1.82) is 5.26 Å². The zero-order valence-electron chi connectivity index (χ0n) is 15.1. The Kier molecular flexibility index (Phi) is 4.97. The Balaban J connectivity index is 2.05. The summed E-state index contributed by atoms with van der Waals surface area (Å²) in [5.41, 5.74) is 0.930. The minimum atomic E-state index is -4.52. The lowest BCUT2D eigenvalue weighted by molar-refractivity contribution is -0.137. The Morgan fingerprint density at radius 2 is 1.71 bits per heavy atom. The summed E-state index contributed by atoms with van der Waals surface area (Å²) in [6.07, 6.45) is -4.52. The monoisotopic (exact) mass is 383 g/mol. The molecule has 0 aliphatic rings. The van der Waals surface area contributed by atoms with Gasteiger partial charge >= 0.3 is 6.18 Å². The lowest BCUT2D eigenvalue weighted by Crippen LogP contribution is -2.15. The molecule has 0 unspecified atom stereocenters. The summed E-state index contributed by atoms with van der Waals surface area (Å²) >= 11 is 0. The van der Waals surface area contributed by atoms with Crippen LogP contribution in [0.25, 0.3) is 5.69 Å². The third-order valence-electron chi connectivity index (χ3n) is 4.42. The van der Waals surface area contributed by atoms with E-state index in [1.807, 2.05) is 6.07 Å². The first kappa shape index (κ1) is 19.2. The molecule has 7 heteroatoms. The quantitative estimate of drug-likeness (QED) is 0.673. The first-order chi connectivity index (χ1) is 13.2. The molecule has 1 amide bonds. The molecule has 3 rings (SSSR count). The third kappa shape index (κ3) is 3.49. The van der Waals surface area contributed by atoms with Gasteiger partial charge in [0.15, 0.2) is 0 Å². The van der Waals surface area contributed by atoms with Crippen molar-refractivity contribution in [1.82, 2.24) is 4.57 Å². The van der Waals surface area contributed by atoms with Crippen LogP contribution in [0.3, 0.4) is 0 Å². The lowest BCUT2D eigenvalue weighted by Gasteiger charge is -2.17. The number of rotatable bonds is 3. The first-order valence-corrected chi connectivity index (χ1v) is 8.40. The van der Waals surface area contributed by atoms with Crippen molar-refractivity contribution < 1.29 is 18.0 Å². The van der Waals surface area contributed by atoms with Crippen LogP contribution >= 0.6 is 0 Å². The number of para-hydroxylation sites is 2. The number of amides is 1. The number of aromatic nitrogens is 1. The van der Waals surface area contributed by atoms with Gasteiger partial charge in [-0.1, -0.05) is 24.3 Å². The molecule has 4 nitrogen and oxygen atoms in total. The first-order valence-electron chi connectivity index (χ1n) is 8.40. The molecule has 1 N–H and O–H groups in total. The number of alkyl halides is 3. The molecule has 0 aliphatic carbocycles. The van der Waals surface area contributed by atoms with Crippen molar-refractivity contribution in [2.24, 2.45) is 0 Å². The number of benzene rings is 2. The summed E-state index contributed by atoms with van der Waals surface area (Å²) in [5.74, 6) is -0.494. The highest BCUT2D eigenvalue weighted by molar-refractivity contribution is 6.06. The van der Waals surface area contributed by atoms with Crippen LogP contribution in [0.1, 0.15) is 32.9 Å². The zero-order chi connectivity index (χ0) is 20.5. The fourth-order valence-corrected chi connectivity index (χ4v) is 3.15. The van der Waals surface area contributed by atoms with E-state index in [2.05, 4.69) is 5.32 Å². The minimum absolute atomic E-state index is 0.0403. The predicted molar refractivity (Wildman–Crippen MR) is 99.4 cm³/mol. The van der Waals surface area contributed by atoms with E-state index in [0.29, 0.717) is 22.6 Å². The largest absolute Gasteiger partial charge is 0.418 e. The van der Waals surface area contributed by atoms with Crippen molar-refractivity contribution in [3.8, 4) is 11.8 Å². The van der Waals surface area contributed by atoms with E-state index in [0.717, 1.165) is 6.07 Å². The summed E-state index contributed by atoms with van der Waals surface area (Å²) in [5, 5.41) is 11.8. The summed E-state index contributed by atoms with van der Waals surface area (Å²) in [4.78, 5) is 12.7. The highest BCUT2D eigenvalue weighted by Gasteiger charge is 2.34. The molecule has 1 heterocycles. The van der Waals surface area contributed by atoms with Gasteiger partial charge in [0.05, 0.1) is 28.1 Å². The van der Waals surface area contributed by atoms with E-state index in [1.165, 1.54) is 28.8 Å². The number of halogens is 3. The minimum Gasteiger partial charge on any atom is -0.321 e. The van der Waals surface area contributed by atoms with Gasteiger partial charge in [0, 0.05) is 11.4 Å². The number of nitriles is 1. The van der Waals surface area contributed by atoms with E-state index < -0.39 is 17.6 Å². The van der Waals surface area contributed by atoms with Crippen molar-refractivity contribution >= 4 is 11.6 Å². The van der Waals surface area contributed by atoms with Gasteiger partial charge in [-0.3, -0.25) is 4.79 Å². The number of nitrogens with zero attached hydrogens (tertiary/aromatic N) is 2. The van der Waals surface area contributed by atoms with Crippen LogP contribution in [0.15, 0.2) is 54.6 Å². The predicted octanol–water partition coefficient (Wildman–Crippen LogP) is 5.24. The molecule has 0 saturated carbocycles. The van der Waals surface area contributed by atoms with E-state index >= 15 is 0 Å². The Morgan fingerprint density at radius 3 is 2.39 bits per heavy atom. The topological polar surface area (TPSA) is 57.8 Å². The van der Waals surface area contributed by atoms with Gasteiger partial charge in [-0.05, 0) is 44.2 Å². The number of hydrogen-bond donors (Lipinski definition) is 1. The fraction of sp³-hybridized carbons (Fsp3) is 0.143. The van der Waals surface area contributed by atoms with E-state index in [1.54, 1.807) is 38.1 Å². The molecular weight excluding hydrogens is 367 g/mol. The van der Waals surface area contributed by atoms with Crippen molar-refractivity contribution in [3.63, 3.8) is 0 Å². The van der Waals surface area contributed by atoms with Crippen LogP contribution < -0.4 is 5.32 Å². The number of carbonyl (C=O) groups excluding carboxylic acids is 1. The number of hydrogen-bond acceptors (Lipinski definition) is 2. The normalized spacial score (nSPS) is 11.1. The van der Waals surface area contributed by atoms with Crippen LogP contribution in [0.4, 0.5) is 18.9 Å². The number of carbonyl (C=O) groups is 1. The molecule has 0 spiro atoms. The van der Waals surface area contributed by atoms with Gasteiger partial charge < -0.3 is 9.88 Å². The molecule has 2 aromatic carbocycles. The maximum atomic E-state index is 13.4. The van der Waals surface area contributed by atoms with E-state index in [-0.39, 0.29) is 11.3 Å². The van der Waals surface area contributed by atoms with Gasteiger partial charge in [-0.2, -0.15) is 18.4 Å². The Labute approximate surface area is 159 Å². The molecule has 0 atom stereocenters. The second-order valence-corrected chi connectivity index (χ2v) is 6.25. The van der Waals surface area contributed by atoms with Gasteiger partial charge in [-0.25, -0.2) is 0 Å². The Morgan fingerprint density at radius 1 is 1.07 bits per heavy atom.